The van der Waals surface area contributed by atoms with Crippen LogP contribution >= 0.6 is 0 Å². The Hall–Kier alpha value is -0.370. The van der Waals surface area contributed by atoms with E-state index in [1.807, 2.05) is 0 Å². The van der Waals surface area contributed by atoms with E-state index in [-0.39, 0.29) is 0 Å². The number of nitrogens with one attached hydrogen (secondary N) is 1. The highest BCUT2D eigenvalue weighted by molar-refractivity contribution is 5.87. The van der Waals surface area contributed by atoms with Gasteiger partial charge >= 0.3 is 0 Å². The molecule has 1 saturated heterocycles. The van der Waals surface area contributed by atoms with Crippen molar-refractivity contribution in [1.29, 1.82) is 5.41 Å². The van der Waals surface area contributed by atoms with Gasteiger partial charge < -0.3 is 10.3 Å². The molecule has 1 heterocycles. The molecule has 1 N–H and O–H groups in total. The predicted molar refractivity (Wildman–Crippen MR) is 34.4 cm³/mol. The largest absolute Gasteiger partial charge is 0.308 e. The Bertz CT molecular complexity index is 109. The van der Waals surface area contributed by atoms with Crippen LogP contribution in [0.5, 0.6) is 0 Å². The third kappa shape index (κ3) is 0.892. The molecule has 1 atom stereocenters. The lowest BCUT2D eigenvalue weighted by molar-refractivity contribution is 0.403. The van der Waals surface area contributed by atoms with Crippen molar-refractivity contribution in [3.8, 4) is 0 Å². The van der Waals surface area contributed by atoms with Crippen LogP contribution in [0.2, 0.25) is 0 Å². The first-order valence-electron chi connectivity index (χ1n) is 2.96. The zero-order chi connectivity index (χ0) is 6.15. The summed E-state index contributed by atoms with van der Waals surface area (Å²) >= 11 is 0. The van der Waals surface area contributed by atoms with Gasteiger partial charge in [0.15, 0.2) is 0 Å². The number of hydrogen-bond acceptors (Lipinski definition) is 2. The minimum atomic E-state index is 0.500. The Kier molecular flexibility index (Phi) is 1.34. The fourth-order valence-electron chi connectivity index (χ4n) is 1.09. The summed E-state index contributed by atoms with van der Waals surface area (Å²) in [4.78, 5) is 2.17. The van der Waals surface area contributed by atoms with Gasteiger partial charge in [-0.15, -0.1) is 0 Å². The van der Waals surface area contributed by atoms with Gasteiger partial charge in [0.2, 0.25) is 0 Å². The molecule has 1 aliphatic rings. The highest BCUT2D eigenvalue weighted by atomic mass is 15.1. The second-order valence-electron chi connectivity index (χ2n) is 2.62. The second-order valence-corrected chi connectivity index (χ2v) is 2.62. The van der Waals surface area contributed by atoms with Crippen molar-refractivity contribution < 1.29 is 0 Å². The van der Waals surface area contributed by atoms with Crippen LogP contribution < -0.4 is 0 Å². The lowest BCUT2D eigenvalue weighted by Gasteiger charge is -2.02. The Balaban J connectivity index is 2.51. The first-order chi connectivity index (χ1) is 3.70. The van der Waals surface area contributed by atoms with Crippen molar-refractivity contribution >= 4 is 5.71 Å². The molecule has 0 spiro atoms. The topological polar surface area (TPSA) is 27.1 Å². The molecule has 2 nitrogen and oxygen atoms in total. The molecule has 0 bridgehead atoms. The van der Waals surface area contributed by atoms with Crippen molar-refractivity contribution in [1.82, 2.24) is 4.90 Å². The summed E-state index contributed by atoms with van der Waals surface area (Å²) in [7, 11) is 2.05. The monoisotopic (exact) mass is 112 g/mol. The maximum Gasteiger partial charge on any atom is 0.0361 e. The van der Waals surface area contributed by atoms with E-state index in [9.17, 15) is 0 Å². The zero-order valence-corrected chi connectivity index (χ0v) is 5.44. The Morgan fingerprint density at radius 1 is 1.75 bits per heavy atom. The number of hydrogen-bond donors (Lipinski definition) is 1. The summed E-state index contributed by atoms with van der Waals surface area (Å²) in [5.41, 5.74) is 0.882. The maximum absolute atomic E-state index is 7.34. The fourth-order valence-corrected chi connectivity index (χ4v) is 1.09. The van der Waals surface area contributed by atoms with Gasteiger partial charge in [-0.2, -0.15) is 0 Å². The summed E-state index contributed by atoms with van der Waals surface area (Å²) in [6, 6.07) is 0. The highest BCUT2D eigenvalue weighted by Crippen LogP contribution is 2.08. The van der Waals surface area contributed by atoms with E-state index in [2.05, 4.69) is 18.9 Å². The molecule has 1 rings (SSSR count). The van der Waals surface area contributed by atoms with Crippen LogP contribution in [-0.4, -0.2) is 30.7 Å². The normalized spacial score (nSPS) is 31.8. The molecular formula is C6H12N2. The van der Waals surface area contributed by atoms with Gasteiger partial charge in [0.1, 0.15) is 0 Å². The molecule has 0 aromatic rings. The van der Waals surface area contributed by atoms with Crippen LogP contribution in [-0.2, 0) is 0 Å². The van der Waals surface area contributed by atoms with E-state index in [1.165, 1.54) is 0 Å². The highest BCUT2D eigenvalue weighted by Gasteiger charge is 2.19. The molecule has 8 heavy (non-hydrogen) atoms. The van der Waals surface area contributed by atoms with Crippen molar-refractivity contribution in [2.45, 2.75) is 6.92 Å². The van der Waals surface area contributed by atoms with E-state index >= 15 is 0 Å². The zero-order valence-electron chi connectivity index (χ0n) is 5.44. The SMILES string of the molecule is CC1CN(C)CC1=N. The average molecular weight is 112 g/mol. The van der Waals surface area contributed by atoms with Gasteiger partial charge in [0.25, 0.3) is 0 Å². The van der Waals surface area contributed by atoms with Crippen LogP contribution in [0.25, 0.3) is 0 Å². The van der Waals surface area contributed by atoms with Crippen molar-refractivity contribution in [2.75, 3.05) is 20.1 Å². The summed E-state index contributed by atoms with van der Waals surface area (Å²) in [6.45, 7) is 4.05. The lowest BCUT2D eigenvalue weighted by atomic mass is 10.1. The van der Waals surface area contributed by atoms with Gasteiger partial charge in [0, 0.05) is 24.7 Å². The Labute approximate surface area is 50.0 Å². The summed E-state index contributed by atoms with van der Waals surface area (Å²) in [6.07, 6.45) is 0. The smallest absolute Gasteiger partial charge is 0.0361 e. The molecule has 0 saturated carbocycles. The Morgan fingerprint density at radius 3 is 2.50 bits per heavy atom. The van der Waals surface area contributed by atoms with Gasteiger partial charge in [-0.05, 0) is 7.05 Å². The van der Waals surface area contributed by atoms with E-state index in [0.29, 0.717) is 5.92 Å². The standard InChI is InChI=1S/C6H12N2/c1-5-3-8(2)4-6(5)7/h5,7H,3-4H2,1-2H3. The average Bonchev–Trinajstić information content (AvgIpc) is 1.85. The first-order valence-corrected chi connectivity index (χ1v) is 2.96. The van der Waals surface area contributed by atoms with Gasteiger partial charge in [-0.3, -0.25) is 0 Å². The van der Waals surface area contributed by atoms with Crippen LogP contribution in [0.15, 0.2) is 0 Å². The molecule has 0 aromatic heterocycles. The second kappa shape index (κ2) is 1.86. The minimum absolute atomic E-state index is 0.500. The van der Waals surface area contributed by atoms with Crippen molar-refractivity contribution in [2.24, 2.45) is 5.92 Å². The van der Waals surface area contributed by atoms with E-state index in [1.54, 1.807) is 0 Å². The lowest BCUT2D eigenvalue weighted by Crippen LogP contribution is -2.13. The third-order valence-electron chi connectivity index (χ3n) is 1.62. The molecule has 0 radical (unpaired) electrons. The number of nitrogens with zero attached hydrogens (tertiary/aromatic N) is 1. The quantitative estimate of drug-likeness (QED) is 0.488. The van der Waals surface area contributed by atoms with Crippen molar-refractivity contribution in [3.05, 3.63) is 0 Å². The number of likely N-dealkylation sites (tertiary alicyclic amines) is 1. The van der Waals surface area contributed by atoms with Crippen LogP contribution in [0, 0.1) is 11.3 Å². The van der Waals surface area contributed by atoms with Crippen LogP contribution in [0.4, 0.5) is 0 Å². The van der Waals surface area contributed by atoms with Gasteiger partial charge in [-0.25, -0.2) is 0 Å². The summed E-state index contributed by atoms with van der Waals surface area (Å²) in [5, 5.41) is 7.34. The van der Waals surface area contributed by atoms with Crippen LogP contribution in [0.1, 0.15) is 6.92 Å². The number of rotatable bonds is 0. The molecule has 0 aromatic carbocycles. The van der Waals surface area contributed by atoms with E-state index in [4.69, 9.17) is 5.41 Å². The summed E-state index contributed by atoms with van der Waals surface area (Å²) in [5.74, 6) is 0.500. The molecular weight excluding hydrogens is 100 g/mol. The minimum Gasteiger partial charge on any atom is -0.308 e. The van der Waals surface area contributed by atoms with Gasteiger partial charge in [-0.1, -0.05) is 6.92 Å². The molecule has 2 heteroatoms. The fraction of sp³-hybridized carbons (Fsp3) is 0.833. The predicted octanol–water partition coefficient (Wildman–Crippen LogP) is 0.588. The van der Waals surface area contributed by atoms with E-state index in [0.717, 1.165) is 18.8 Å². The summed E-state index contributed by atoms with van der Waals surface area (Å²) < 4.78 is 0. The Morgan fingerprint density at radius 2 is 2.38 bits per heavy atom. The van der Waals surface area contributed by atoms with Crippen LogP contribution in [0.3, 0.4) is 0 Å². The molecule has 1 unspecified atom stereocenters. The van der Waals surface area contributed by atoms with E-state index < -0.39 is 0 Å². The molecule has 1 aliphatic heterocycles. The molecule has 46 valence electrons. The maximum atomic E-state index is 7.34. The molecule has 0 aliphatic carbocycles. The molecule has 0 amide bonds. The molecule has 1 fully saturated rings. The van der Waals surface area contributed by atoms with Crippen molar-refractivity contribution in [3.63, 3.8) is 0 Å². The van der Waals surface area contributed by atoms with Gasteiger partial charge in [0.05, 0.1) is 0 Å². The first kappa shape index (κ1) is 5.76. The third-order valence-corrected chi connectivity index (χ3v) is 1.62.